The van der Waals surface area contributed by atoms with Crippen molar-refractivity contribution in [2.24, 2.45) is 0 Å². The third-order valence-corrected chi connectivity index (χ3v) is 3.93. The lowest BCUT2D eigenvalue weighted by Gasteiger charge is -2.27. The van der Waals surface area contributed by atoms with Gasteiger partial charge in [-0.3, -0.25) is 0 Å². The highest BCUT2D eigenvalue weighted by Gasteiger charge is 2.28. The summed E-state index contributed by atoms with van der Waals surface area (Å²) in [7, 11) is 0. The molecule has 0 bridgehead atoms. The molecule has 1 aliphatic heterocycles. The molecule has 2 atom stereocenters. The third-order valence-electron chi connectivity index (χ3n) is 3.93. The highest BCUT2D eigenvalue weighted by atomic mass is 16.5. The predicted octanol–water partition coefficient (Wildman–Crippen LogP) is 3.42. The fourth-order valence-corrected chi connectivity index (χ4v) is 2.99. The van der Waals surface area contributed by atoms with Gasteiger partial charge in [-0.25, -0.2) is 0 Å². The molecule has 17 heavy (non-hydrogen) atoms. The fraction of sp³-hybridized carbons (Fsp3) is 0.867. The van der Waals surface area contributed by atoms with Gasteiger partial charge in [0.25, 0.3) is 0 Å². The van der Waals surface area contributed by atoms with Crippen LogP contribution in [0, 0.1) is 0 Å². The van der Waals surface area contributed by atoms with Crippen molar-refractivity contribution in [1.82, 2.24) is 5.32 Å². The highest BCUT2D eigenvalue weighted by molar-refractivity contribution is 5.15. The Balaban J connectivity index is 1.99. The number of ether oxygens (including phenoxy) is 1. The SMILES string of the molecule is CCCNC(C1=CCCCCC1)C1CCCO1. The van der Waals surface area contributed by atoms with Gasteiger partial charge in [0.05, 0.1) is 12.1 Å². The first-order chi connectivity index (χ1) is 8.42. The van der Waals surface area contributed by atoms with Gasteiger partial charge in [0.1, 0.15) is 0 Å². The molecule has 1 fully saturated rings. The lowest BCUT2D eigenvalue weighted by molar-refractivity contribution is 0.0875. The first kappa shape index (κ1) is 13.1. The Morgan fingerprint density at radius 1 is 1.35 bits per heavy atom. The average molecular weight is 237 g/mol. The van der Waals surface area contributed by atoms with Crippen molar-refractivity contribution < 1.29 is 4.74 Å². The molecule has 2 rings (SSSR count). The number of hydrogen-bond acceptors (Lipinski definition) is 2. The minimum absolute atomic E-state index is 0.436. The van der Waals surface area contributed by atoms with Gasteiger partial charge in [-0.05, 0) is 51.5 Å². The smallest absolute Gasteiger partial charge is 0.0767 e. The number of rotatable bonds is 5. The van der Waals surface area contributed by atoms with Crippen molar-refractivity contribution in [3.8, 4) is 0 Å². The Morgan fingerprint density at radius 3 is 3.06 bits per heavy atom. The van der Waals surface area contributed by atoms with Crippen molar-refractivity contribution in [3.63, 3.8) is 0 Å². The summed E-state index contributed by atoms with van der Waals surface area (Å²) in [5.41, 5.74) is 1.63. The summed E-state index contributed by atoms with van der Waals surface area (Å²) in [6.07, 6.45) is 13.3. The predicted molar refractivity (Wildman–Crippen MR) is 72.2 cm³/mol. The van der Waals surface area contributed by atoms with Crippen molar-refractivity contribution in [3.05, 3.63) is 11.6 Å². The van der Waals surface area contributed by atoms with E-state index in [2.05, 4.69) is 18.3 Å². The van der Waals surface area contributed by atoms with E-state index in [-0.39, 0.29) is 0 Å². The molecule has 0 spiro atoms. The molecule has 0 aromatic rings. The van der Waals surface area contributed by atoms with E-state index < -0.39 is 0 Å². The molecule has 0 saturated carbocycles. The molecule has 2 heteroatoms. The van der Waals surface area contributed by atoms with Gasteiger partial charge in [-0.2, -0.15) is 0 Å². The van der Waals surface area contributed by atoms with Crippen LogP contribution in [0.15, 0.2) is 11.6 Å². The largest absolute Gasteiger partial charge is 0.376 e. The number of hydrogen-bond donors (Lipinski definition) is 1. The van der Waals surface area contributed by atoms with Gasteiger partial charge in [-0.1, -0.05) is 25.0 Å². The molecule has 2 unspecified atom stereocenters. The molecular formula is C15H27NO. The second-order valence-corrected chi connectivity index (χ2v) is 5.36. The number of nitrogens with one attached hydrogen (secondary N) is 1. The zero-order chi connectivity index (χ0) is 11.9. The Hall–Kier alpha value is -0.340. The molecule has 2 aliphatic rings. The summed E-state index contributed by atoms with van der Waals surface area (Å²) < 4.78 is 5.90. The minimum atomic E-state index is 0.436. The van der Waals surface area contributed by atoms with Crippen molar-refractivity contribution in [2.45, 2.75) is 70.4 Å². The van der Waals surface area contributed by atoms with Gasteiger partial charge in [0.15, 0.2) is 0 Å². The van der Waals surface area contributed by atoms with Crippen molar-refractivity contribution in [1.29, 1.82) is 0 Å². The maximum absolute atomic E-state index is 5.90. The van der Waals surface area contributed by atoms with Gasteiger partial charge in [0, 0.05) is 6.61 Å². The maximum Gasteiger partial charge on any atom is 0.0767 e. The summed E-state index contributed by atoms with van der Waals surface area (Å²) >= 11 is 0. The van der Waals surface area contributed by atoms with Crippen LogP contribution in [0.25, 0.3) is 0 Å². The topological polar surface area (TPSA) is 21.3 Å². The molecule has 98 valence electrons. The summed E-state index contributed by atoms with van der Waals surface area (Å²) in [4.78, 5) is 0. The molecule has 0 aromatic heterocycles. The lowest BCUT2D eigenvalue weighted by Crippen LogP contribution is -2.41. The van der Waals surface area contributed by atoms with Crippen LogP contribution in [0.5, 0.6) is 0 Å². The van der Waals surface area contributed by atoms with Crippen LogP contribution in [0.2, 0.25) is 0 Å². The molecule has 2 nitrogen and oxygen atoms in total. The fourth-order valence-electron chi connectivity index (χ4n) is 2.99. The minimum Gasteiger partial charge on any atom is -0.376 e. The van der Waals surface area contributed by atoms with E-state index in [0.717, 1.165) is 13.2 Å². The van der Waals surface area contributed by atoms with Crippen LogP contribution in [0.3, 0.4) is 0 Å². The summed E-state index contributed by atoms with van der Waals surface area (Å²) in [6, 6.07) is 0.496. The second kappa shape index (κ2) is 7.17. The zero-order valence-electron chi connectivity index (χ0n) is 11.2. The molecule has 1 N–H and O–H groups in total. The molecule has 1 saturated heterocycles. The van der Waals surface area contributed by atoms with Crippen LogP contribution in [-0.4, -0.2) is 25.3 Å². The van der Waals surface area contributed by atoms with E-state index in [4.69, 9.17) is 4.74 Å². The Labute approximate surface area is 106 Å². The van der Waals surface area contributed by atoms with E-state index in [9.17, 15) is 0 Å². The summed E-state index contributed by atoms with van der Waals surface area (Å²) in [5.74, 6) is 0. The van der Waals surface area contributed by atoms with Gasteiger partial charge < -0.3 is 10.1 Å². The summed E-state index contributed by atoms with van der Waals surface area (Å²) in [5, 5.41) is 3.72. The van der Waals surface area contributed by atoms with Gasteiger partial charge >= 0.3 is 0 Å². The van der Waals surface area contributed by atoms with Gasteiger partial charge in [-0.15, -0.1) is 0 Å². The van der Waals surface area contributed by atoms with Crippen LogP contribution in [0.1, 0.15) is 58.3 Å². The van der Waals surface area contributed by atoms with Crippen LogP contribution >= 0.6 is 0 Å². The molecular weight excluding hydrogens is 210 g/mol. The first-order valence-electron chi connectivity index (χ1n) is 7.45. The first-order valence-corrected chi connectivity index (χ1v) is 7.45. The Kier molecular flexibility index (Phi) is 5.53. The Morgan fingerprint density at radius 2 is 2.29 bits per heavy atom. The molecule has 0 amide bonds. The average Bonchev–Trinajstić information content (AvgIpc) is 2.73. The standard InChI is InChI=1S/C15H27NO/c1-2-11-16-15(14-10-7-12-17-14)13-8-5-3-4-6-9-13/h8,14-16H,2-7,9-12H2,1H3. The van der Waals surface area contributed by atoms with Crippen LogP contribution in [0.4, 0.5) is 0 Å². The monoisotopic (exact) mass is 237 g/mol. The summed E-state index contributed by atoms with van der Waals surface area (Å²) in [6.45, 7) is 4.31. The lowest BCUT2D eigenvalue weighted by atomic mass is 9.95. The van der Waals surface area contributed by atoms with Crippen LogP contribution in [-0.2, 0) is 4.74 Å². The van der Waals surface area contributed by atoms with Crippen molar-refractivity contribution >= 4 is 0 Å². The van der Waals surface area contributed by atoms with E-state index in [1.165, 1.54) is 51.4 Å². The zero-order valence-corrected chi connectivity index (χ0v) is 11.2. The quantitative estimate of drug-likeness (QED) is 0.740. The van der Waals surface area contributed by atoms with E-state index >= 15 is 0 Å². The highest BCUT2D eigenvalue weighted by Crippen LogP contribution is 2.26. The number of allylic oxidation sites excluding steroid dienone is 1. The maximum atomic E-state index is 5.90. The molecule has 1 heterocycles. The Bertz CT molecular complexity index is 243. The van der Waals surface area contributed by atoms with Crippen molar-refractivity contribution in [2.75, 3.05) is 13.2 Å². The van der Waals surface area contributed by atoms with E-state index in [1.807, 2.05) is 0 Å². The van der Waals surface area contributed by atoms with E-state index in [1.54, 1.807) is 5.57 Å². The molecule has 0 aromatic carbocycles. The second-order valence-electron chi connectivity index (χ2n) is 5.36. The van der Waals surface area contributed by atoms with Crippen LogP contribution < -0.4 is 5.32 Å². The third kappa shape index (κ3) is 3.82. The van der Waals surface area contributed by atoms with Gasteiger partial charge in [0.2, 0.25) is 0 Å². The van der Waals surface area contributed by atoms with E-state index in [0.29, 0.717) is 12.1 Å². The molecule has 1 aliphatic carbocycles. The normalized spacial score (nSPS) is 27.6. The molecule has 0 radical (unpaired) electrons.